The van der Waals surface area contributed by atoms with Gasteiger partial charge in [0, 0.05) is 196 Å². The van der Waals surface area contributed by atoms with Crippen LogP contribution in [0.25, 0.3) is 0 Å². The van der Waals surface area contributed by atoms with E-state index in [0.717, 1.165) is 122 Å². The summed E-state index contributed by atoms with van der Waals surface area (Å²) in [6.45, 7) is 36.2. The molecule has 4 aliphatic rings. The van der Waals surface area contributed by atoms with Gasteiger partial charge in [-0.25, -0.2) is 0 Å². The maximum atomic E-state index is 11.0. The SMILES string of the molecule is C1CCNCCNCC1.CC(=O)N1CCNCCNCC1.CN(C)CCCN(C)CC[N+](C)(C)C.CN1CCNCCN(C)CC1.CN1CCNCCNCC1.COCCN(C)CCN(C)C.CSCCN(C)CCSC.NC(=O)CNCC(N)=O.NCC(=O)NC(=O)CN.NCC(=O)NCC(N)=O. The molecule has 4 heterocycles. The van der Waals surface area contributed by atoms with E-state index >= 15 is 0 Å². The highest BCUT2D eigenvalue weighted by atomic mass is 32.2. The third-order valence-electron chi connectivity index (χ3n) is 14.9. The fourth-order valence-corrected chi connectivity index (χ4v) is 9.08. The van der Waals surface area contributed by atoms with Gasteiger partial charge >= 0.3 is 0 Å². The number of quaternary nitrogens is 1. The minimum atomic E-state index is -0.572. The van der Waals surface area contributed by atoms with E-state index in [2.05, 4.69) is 191 Å². The van der Waals surface area contributed by atoms with Crippen molar-refractivity contribution in [1.82, 2.24) is 97.3 Å². The van der Waals surface area contributed by atoms with Crippen LogP contribution in [0.3, 0.4) is 0 Å². The molecule has 0 aromatic carbocycles. The average Bonchev–Trinajstić information content (AvgIpc) is 1.66. The van der Waals surface area contributed by atoms with Gasteiger partial charge in [-0.2, -0.15) is 23.5 Å². The second kappa shape index (κ2) is 83.4. The third kappa shape index (κ3) is 105. The molecule has 4 aliphatic heterocycles. The lowest BCUT2D eigenvalue weighted by molar-refractivity contribution is -0.869. The number of carbonyl (C=O) groups excluding carboxylic acids is 7. The number of carbonyl (C=O) groups is 7. The number of primary amides is 3. The van der Waals surface area contributed by atoms with Crippen molar-refractivity contribution in [2.24, 2.45) is 34.4 Å². The molecule has 7 amide bonds. The quantitative estimate of drug-likeness (QED) is 0.0324. The predicted octanol–water partition coefficient (Wildman–Crippen LogP) is -7.07. The van der Waals surface area contributed by atoms with E-state index in [-0.39, 0.29) is 51.1 Å². The van der Waals surface area contributed by atoms with E-state index in [9.17, 15) is 33.6 Å². The van der Waals surface area contributed by atoms with Crippen LogP contribution >= 0.6 is 23.5 Å². The van der Waals surface area contributed by atoms with Crippen LogP contribution < -0.4 is 87.6 Å². The Balaban J connectivity index is -0.000000257. The predicted molar refractivity (Wildman–Crippen MR) is 438 cm³/mol. The lowest BCUT2D eigenvalue weighted by Gasteiger charge is -2.27. The molecule has 0 aromatic rings. The first-order valence-electron chi connectivity index (χ1n) is 36.9. The smallest absolute Gasteiger partial charge is 0.240 e. The highest BCUT2D eigenvalue weighted by Crippen LogP contribution is 1.98. The van der Waals surface area contributed by atoms with Crippen molar-refractivity contribution < 1.29 is 42.8 Å². The summed E-state index contributed by atoms with van der Waals surface area (Å²) in [4.78, 5) is 92.3. The molecule has 104 heavy (non-hydrogen) atoms. The van der Waals surface area contributed by atoms with Crippen molar-refractivity contribution >= 4 is 64.9 Å². The fourth-order valence-electron chi connectivity index (χ4n) is 8.09. The Kier molecular flexibility index (Phi) is 89.2. The number of methoxy groups -OCH3 is 1. The number of nitrogens with zero attached hydrogens (tertiary/aromatic N) is 10. The van der Waals surface area contributed by atoms with Crippen LogP contribution in [-0.2, 0) is 38.3 Å². The van der Waals surface area contributed by atoms with Crippen molar-refractivity contribution in [3.63, 3.8) is 0 Å². The Bertz CT molecular complexity index is 1860. The Hall–Kier alpha value is -3.65. The Morgan fingerprint density at radius 2 is 0.798 bits per heavy atom. The molecule has 22 N–H and O–H groups in total. The summed E-state index contributed by atoms with van der Waals surface area (Å²) in [5.74, 6) is -0.301. The second-order valence-corrected chi connectivity index (χ2v) is 28.9. The number of amides is 7. The number of imide groups is 1. The van der Waals surface area contributed by atoms with E-state index in [1.54, 1.807) is 14.0 Å². The number of hydrogen-bond donors (Lipinski definition) is 16. The molecule has 36 heteroatoms. The van der Waals surface area contributed by atoms with Crippen LogP contribution in [0.4, 0.5) is 0 Å². The number of thioether (sulfide) groups is 2. The van der Waals surface area contributed by atoms with Gasteiger partial charge in [0.1, 0.15) is 0 Å². The summed E-state index contributed by atoms with van der Waals surface area (Å²) in [5, 5.41) is 29.9. The second-order valence-electron chi connectivity index (χ2n) is 27.0. The number of ether oxygens (including phenoxy) is 1. The van der Waals surface area contributed by atoms with Crippen LogP contribution in [0.1, 0.15) is 32.6 Å². The van der Waals surface area contributed by atoms with Gasteiger partial charge in [0.2, 0.25) is 41.4 Å². The standard InChI is InChI=1S/C11H28N3.C8H17N3O.C8H19N3.C8H20N2O.C7H17N3.C7H16N2.C7H17NS2.3C4H9N3O2/c1-12(2)8-7-9-13(3)10-11-14(4,5)6;1-8(12)11-6-4-9-2-3-10-5-7-11;1-10-5-3-9-4-6-11(2)8-7-10;1-9(2)5-6-10(3)7-8-11-4;1-10-6-4-8-2-3-9-5-7-10;1-2-4-8-6-7-9-5-3-1;1-8(4-6-9-2)5-7-10-3;5-1-4(9)7-2-3(6)8;5-3(8)1-7-2-4(6)9;5-1-3(8)7-4(9)2-6/h7-11H2,1-6H3;9-10H,2-7H2,1H3;9H,3-8H2,1-2H3;5-8H2,1-4H3;8-9H,2-7H2,1H3;8-9H,1-7H2;4-7H2,1-3H3;1-2,5H2,(H2,6,8)(H,7,9);7H,1-2H2,(H2,5,8)(H2,6,9);1-2,5-6H2,(H,7,8,9)/q+1;;;;;;;;;. The molecule has 0 radical (unpaired) electrons. The van der Waals surface area contributed by atoms with Crippen LogP contribution in [0.15, 0.2) is 0 Å². The van der Waals surface area contributed by atoms with Crippen molar-refractivity contribution in [3.8, 4) is 0 Å². The van der Waals surface area contributed by atoms with Crippen molar-refractivity contribution in [2.75, 3.05) is 372 Å². The average molecular weight is 1540 g/mol. The zero-order chi connectivity index (χ0) is 80.0. The van der Waals surface area contributed by atoms with Gasteiger partial charge in [-0.05, 0) is 128 Å². The monoisotopic (exact) mass is 1530 g/mol. The van der Waals surface area contributed by atoms with Gasteiger partial charge in [-0.1, -0.05) is 6.42 Å². The summed E-state index contributed by atoms with van der Waals surface area (Å²) in [7, 11) is 29.9. The summed E-state index contributed by atoms with van der Waals surface area (Å²) in [6, 6.07) is 0. The normalized spacial score (nSPS) is 15.8. The molecule has 4 fully saturated rings. The molecule has 0 unspecified atom stereocenters. The van der Waals surface area contributed by atoms with E-state index in [1.807, 2.05) is 33.7 Å². The highest BCUT2D eigenvalue weighted by Gasteiger charge is 2.11. The first kappa shape index (κ1) is 111. The third-order valence-corrected chi connectivity index (χ3v) is 16.1. The molecular formula is C68H161N26O8S2+. The van der Waals surface area contributed by atoms with Crippen molar-refractivity contribution in [2.45, 2.75) is 32.6 Å². The van der Waals surface area contributed by atoms with Gasteiger partial charge in [0.25, 0.3) is 0 Å². The molecule has 622 valence electrons. The summed E-state index contributed by atoms with van der Waals surface area (Å²) < 4.78 is 6.02. The minimum Gasteiger partial charge on any atom is -0.383 e. The Labute approximate surface area is 640 Å². The van der Waals surface area contributed by atoms with Crippen LogP contribution in [-0.4, -0.2) is 461 Å². The molecule has 0 bridgehead atoms. The number of nitrogens with two attached hydrogens (primary N) is 6. The van der Waals surface area contributed by atoms with Gasteiger partial charge < -0.3 is 130 Å². The largest absolute Gasteiger partial charge is 0.383 e. The van der Waals surface area contributed by atoms with Crippen molar-refractivity contribution in [1.29, 1.82) is 0 Å². The lowest BCUT2D eigenvalue weighted by Crippen LogP contribution is -2.41. The highest BCUT2D eigenvalue weighted by molar-refractivity contribution is 7.98. The van der Waals surface area contributed by atoms with Gasteiger partial charge in [-0.15, -0.1) is 0 Å². The zero-order valence-corrected chi connectivity index (χ0v) is 70.3. The number of nitrogens with one attached hydrogen (secondary N) is 10. The Morgan fingerprint density at radius 3 is 1.14 bits per heavy atom. The van der Waals surface area contributed by atoms with Crippen LogP contribution in [0, 0.1) is 0 Å². The van der Waals surface area contributed by atoms with Crippen LogP contribution in [0.5, 0.6) is 0 Å². The van der Waals surface area contributed by atoms with E-state index in [1.165, 1.54) is 129 Å². The van der Waals surface area contributed by atoms with Gasteiger partial charge in [-0.3, -0.25) is 44.2 Å². The fraction of sp³-hybridized carbons (Fsp3) is 0.897. The van der Waals surface area contributed by atoms with Crippen LogP contribution in [0.2, 0.25) is 0 Å². The molecule has 0 aliphatic carbocycles. The minimum absolute atomic E-state index is 0.0110. The zero-order valence-electron chi connectivity index (χ0n) is 68.6. The number of likely N-dealkylation sites (N-methyl/N-ethyl adjacent to an activating group) is 7. The number of rotatable bonds is 28. The first-order valence-corrected chi connectivity index (χ1v) is 39.7. The first-order chi connectivity index (χ1) is 49.3. The number of hydrogen-bond acceptors (Lipinski definition) is 29. The van der Waals surface area contributed by atoms with Gasteiger partial charge in [0.05, 0.1) is 73.6 Å². The van der Waals surface area contributed by atoms with E-state index in [4.69, 9.17) is 39.1 Å². The summed E-state index contributed by atoms with van der Waals surface area (Å²) >= 11 is 3.83. The maximum absolute atomic E-state index is 11.0. The molecule has 34 nitrogen and oxygen atoms in total. The Morgan fingerprint density at radius 1 is 0.442 bits per heavy atom. The summed E-state index contributed by atoms with van der Waals surface area (Å²) in [6.07, 6.45) is 9.65. The van der Waals surface area contributed by atoms with E-state index < -0.39 is 29.5 Å². The van der Waals surface area contributed by atoms with Crippen molar-refractivity contribution in [3.05, 3.63) is 0 Å². The molecule has 0 aromatic heterocycles. The van der Waals surface area contributed by atoms with Gasteiger partial charge in [0.15, 0.2) is 0 Å². The topological polar surface area (TPSA) is 434 Å². The van der Waals surface area contributed by atoms with E-state index in [0.29, 0.717) is 0 Å². The molecule has 4 rings (SSSR count). The molecular weight excluding hydrogens is 1370 g/mol. The lowest BCUT2D eigenvalue weighted by atomic mass is 10.2. The molecule has 0 saturated carbocycles. The summed E-state index contributed by atoms with van der Waals surface area (Å²) in [5.41, 5.74) is 28.8. The molecule has 0 atom stereocenters. The maximum Gasteiger partial charge on any atom is 0.240 e. The molecule has 4 saturated heterocycles. The molecule has 0 spiro atoms.